The van der Waals surface area contributed by atoms with Gasteiger partial charge in [0.15, 0.2) is 0 Å². The lowest BCUT2D eigenvalue weighted by molar-refractivity contribution is 0.102. The Morgan fingerprint density at radius 3 is 2.59 bits per heavy atom. The van der Waals surface area contributed by atoms with Crippen LogP contribution in [0.2, 0.25) is 0 Å². The zero-order chi connectivity index (χ0) is 19.8. The minimum atomic E-state index is -0.438. The summed E-state index contributed by atoms with van der Waals surface area (Å²) < 4.78 is 0. The maximum Gasteiger partial charge on any atom is 0.261 e. The highest BCUT2D eigenvalue weighted by atomic mass is 16.2. The number of hydrogen-bond acceptors (Lipinski definition) is 2. The van der Waals surface area contributed by atoms with Crippen molar-refractivity contribution in [3.63, 3.8) is 0 Å². The van der Waals surface area contributed by atoms with Crippen LogP contribution >= 0.6 is 0 Å². The van der Waals surface area contributed by atoms with E-state index in [4.69, 9.17) is 0 Å². The number of carbonyl (C=O) groups is 1. The Morgan fingerprint density at radius 2 is 1.66 bits per heavy atom. The number of hydrogen-bond donors (Lipinski definition) is 3. The molecule has 5 aromatic rings. The largest absolute Gasteiger partial charge is 0.361 e. The van der Waals surface area contributed by atoms with E-state index in [0.717, 1.165) is 22.0 Å². The number of nitrogens with one attached hydrogen (secondary N) is 3. The second-order valence-electron chi connectivity index (χ2n) is 6.86. The number of benzene rings is 3. The highest BCUT2D eigenvalue weighted by Gasteiger charge is 2.15. The van der Waals surface area contributed by atoms with Crippen LogP contribution in [0, 0.1) is 0 Å². The molecule has 5 rings (SSSR count). The lowest BCUT2D eigenvalue weighted by atomic mass is 10.0. The van der Waals surface area contributed by atoms with Gasteiger partial charge in [0.25, 0.3) is 5.91 Å². The fourth-order valence-electron chi connectivity index (χ4n) is 3.59. The van der Waals surface area contributed by atoms with Crippen molar-refractivity contribution in [1.82, 2.24) is 9.97 Å². The molecule has 0 saturated carbocycles. The van der Waals surface area contributed by atoms with E-state index in [2.05, 4.69) is 21.4 Å². The molecule has 0 aliphatic carbocycles. The number of fused-ring (bicyclic) bond motifs is 2. The quantitative estimate of drug-likeness (QED) is 0.416. The Labute approximate surface area is 166 Å². The van der Waals surface area contributed by atoms with Gasteiger partial charge in [0.2, 0.25) is 5.43 Å². The van der Waals surface area contributed by atoms with Crippen LogP contribution in [0.5, 0.6) is 0 Å². The maximum absolute atomic E-state index is 12.9. The molecule has 2 heterocycles. The normalized spacial score (nSPS) is 11.0. The molecule has 3 N–H and O–H groups in total. The second-order valence-corrected chi connectivity index (χ2v) is 6.86. The van der Waals surface area contributed by atoms with Crippen molar-refractivity contribution >= 4 is 33.4 Å². The first-order chi connectivity index (χ1) is 14.2. The summed E-state index contributed by atoms with van der Waals surface area (Å²) in [6, 6.07) is 22.8. The number of para-hydroxylation sites is 2. The van der Waals surface area contributed by atoms with Crippen molar-refractivity contribution in [3.8, 4) is 11.1 Å². The van der Waals surface area contributed by atoms with Crippen molar-refractivity contribution in [1.29, 1.82) is 0 Å². The molecule has 3 aromatic carbocycles. The molecule has 5 nitrogen and oxygen atoms in total. The fraction of sp³-hybridized carbons (Fsp3) is 0. The van der Waals surface area contributed by atoms with E-state index in [1.165, 1.54) is 6.20 Å². The van der Waals surface area contributed by atoms with Crippen LogP contribution in [0.15, 0.2) is 90.0 Å². The molecule has 0 spiro atoms. The van der Waals surface area contributed by atoms with Gasteiger partial charge in [0, 0.05) is 40.1 Å². The zero-order valence-corrected chi connectivity index (χ0v) is 15.4. The molecule has 0 unspecified atom stereocenters. The number of aromatic amines is 2. The number of carbonyl (C=O) groups excluding carboxylic acids is 1. The molecule has 1 amide bonds. The first-order valence-electron chi connectivity index (χ1n) is 9.29. The summed E-state index contributed by atoms with van der Waals surface area (Å²) in [7, 11) is 0. The van der Waals surface area contributed by atoms with E-state index >= 15 is 0 Å². The number of pyridine rings is 1. The molecule has 5 heteroatoms. The van der Waals surface area contributed by atoms with Gasteiger partial charge in [-0.1, -0.05) is 36.4 Å². The van der Waals surface area contributed by atoms with Crippen molar-refractivity contribution < 1.29 is 4.79 Å². The number of rotatable bonds is 3. The van der Waals surface area contributed by atoms with E-state index in [0.29, 0.717) is 16.6 Å². The second kappa shape index (κ2) is 6.80. The Morgan fingerprint density at radius 1 is 0.828 bits per heavy atom. The van der Waals surface area contributed by atoms with Crippen LogP contribution < -0.4 is 10.7 Å². The standard InChI is InChI=1S/C24H17N3O2/c28-23-18-6-2-3-7-21(18)26-14-19(23)24(29)27-22-8-4-1-5-17(22)15-9-10-20-16(13-15)11-12-25-20/h1-14,25H,(H,26,28)(H,27,29). The number of H-pyrrole nitrogens is 2. The third kappa shape index (κ3) is 2.99. The molecular formula is C24H17N3O2. The SMILES string of the molecule is O=C(Nc1ccccc1-c1ccc2[nH]ccc2c1)c1c[nH]c2ccccc2c1=O. The predicted molar refractivity (Wildman–Crippen MR) is 116 cm³/mol. The Hall–Kier alpha value is -4.12. The molecule has 29 heavy (non-hydrogen) atoms. The van der Waals surface area contributed by atoms with E-state index in [1.807, 2.05) is 60.8 Å². The van der Waals surface area contributed by atoms with E-state index in [9.17, 15) is 9.59 Å². The summed E-state index contributed by atoms with van der Waals surface area (Å²) in [4.78, 5) is 31.9. The van der Waals surface area contributed by atoms with Crippen LogP contribution in [-0.2, 0) is 0 Å². The summed E-state index contributed by atoms with van der Waals surface area (Å²) in [5.74, 6) is -0.438. The topological polar surface area (TPSA) is 77.8 Å². The van der Waals surface area contributed by atoms with Gasteiger partial charge in [-0.05, 0) is 47.3 Å². The molecular weight excluding hydrogens is 362 g/mol. The van der Waals surface area contributed by atoms with Crippen LogP contribution in [-0.4, -0.2) is 15.9 Å². The fourth-order valence-corrected chi connectivity index (χ4v) is 3.59. The van der Waals surface area contributed by atoms with Gasteiger partial charge in [0.1, 0.15) is 5.56 Å². The Bertz CT molecular complexity index is 1430. The van der Waals surface area contributed by atoms with E-state index in [-0.39, 0.29) is 11.0 Å². The lowest BCUT2D eigenvalue weighted by Gasteiger charge is -2.12. The number of anilines is 1. The summed E-state index contributed by atoms with van der Waals surface area (Å²) in [5.41, 5.74) is 4.08. The molecule has 0 aliphatic rings. The molecule has 0 radical (unpaired) electrons. The van der Waals surface area contributed by atoms with Gasteiger partial charge in [-0.25, -0.2) is 0 Å². The van der Waals surface area contributed by atoms with Gasteiger partial charge in [-0.3, -0.25) is 9.59 Å². The van der Waals surface area contributed by atoms with Gasteiger partial charge in [-0.15, -0.1) is 0 Å². The smallest absolute Gasteiger partial charge is 0.261 e. The maximum atomic E-state index is 12.9. The summed E-state index contributed by atoms with van der Waals surface area (Å²) >= 11 is 0. The van der Waals surface area contributed by atoms with Crippen LogP contribution in [0.4, 0.5) is 5.69 Å². The third-order valence-electron chi connectivity index (χ3n) is 5.07. The van der Waals surface area contributed by atoms with Crippen molar-refractivity contribution in [2.75, 3.05) is 5.32 Å². The zero-order valence-electron chi connectivity index (χ0n) is 15.4. The van der Waals surface area contributed by atoms with Gasteiger partial charge >= 0.3 is 0 Å². The average Bonchev–Trinajstić information content (AvgIpc) is 3.22. The van der Waals surface area contributed by atoms with E-state index in [1.54, 1.807) is 12.1 Å². The Kier molecular flexibility index (Phi) is 3.99. The van der Waals surface area contributed by atoms with Crippen LogP contribution in [0.3, 0.4) is 0 Å². The van der Waals surface area contributed by atoms with Crippen molar-refractivity contribution in [2.24, 2.45) is 0 Å². The minimum Gasteiger partial charge on any atom is -0.361 e. The molecule has 0 bridgehead atoms. The third-order valence-corrected chi connectivity index (χ3v) is 5.07. The van der Waals surface area contributed by atoms with Gasteiger partial charge < -0.3 is 15.3 Å². The average molecular weight is 379 g/mol. The monoisotopic (exact) mass is 379 g/mol. The molecule has 140 valence electrons. The Balaban J connectivity index is 1.54. The predicted octanol–water partition coefficient (Wildman–Crippen LogP) is 4.93. The summed E-state index contributed by atoms with van der Waals surface area (Å²) in [5, 5.41) is 4.49. The number of amides is 1. The highest BCUT2D eigenvalue weighted by molar-refractivity contribution is 6.07. The molecule has 0 saturated heterocycles. The highest BCUT2D eigenvalue weighted by Crippen LogP contribution is 2.30. The molecule has 0 aliphatic heterocycles. The lowest BCUT2D eigenvalue weighted by Crippen LogP contribution is -2.22. The summed E-state index contributed by atoms with van der Waals surface area (Å²) in [6.07, 6.45) is 3.36. The molecule has 0 atom stereocenters. The molecule has 2 aromatic heterocycles. The molecule has 0 fully saturated rings. The minimum absolute atomic E-state index is 0.0830. The van der Waals surface area contributed by atoms with Gasteiger partial charge in [-0.2, -0.15) is 0 Å². The van der Waals surface area contributed by atoms with Crippen LogP contribution in [0.1, 0.15) is 10.4 Å². The van der Waals surface area contributed by atoms with Crippen LogP contribution in [0.25, 0.3) is 32.9 Å². The van der Waals surface area contributed by atoms with E-state index < -0.39 is 5.91 Å². The number of aromatic nitrogens is 2. The van der Waals surface area contributed by atoms with Crippen molar-refractivity contribution in [3.05, 3.63) is 101 Å². The summed E-state index contributed by atoms with van der Waals surface area (Å²) in [6.45, 7) is 0. The first kappa shape index (κ1) is 17.0. The van der Waals surface area contributed by atoms with Gasteiger partial charge in [0.05, 0.1) is 0 Å². The van der Waals surface area contributed by atoms with Crippen molar-refractivity contribution in [2.45, 2.75) is 0 Å². The first-order valence-corrected chi connectivity index (χ1v) is 9.29.